The van der Waals surface area contributed by atoms with Crippen LogP contribution < -0.4 is 19.6 Å². The zero-order chi connectivity index (χ0) is 27.1. The second-order valence-corrected chi connectivity index (χ2v) is 8.92. The molecule has 4 aromatic carbocycles. The molecule has 10 heteroatoms. The van der Waals surface area contributed by atoms with Crippen molar-refractivity contribution in [1.29, 1.82) is 0 Å². The molecule has 0 radical (unpaired) electrons. The molecule has 0 spiro atoms. The van der Waals surface area contributed by atoms with Gasteiger partial charge in [-0.25, -0.2) is 5.43 Å². The second kappa shape index (κ2) is 12.2. The smallest absolute Gasteiger partial charge is 0.275 e. The Morgan fingerprint density at radius 3 is 2.45 bits per heavy atom. The highest BCUT2D eigenvalue weighted by molar-refractivity contribution is 9.10. The third-order valence-corrected chi connectivity index (χ3v) is 6.25. The van der Waals surface area contributed by atoms with Gasteiger partial charge in [0.25, 0.3) is 11.6 Å². The van der Waals surface area contributed by atoms with E-state index in [0.29, 0.717) is 45.0 Å². The predicted molar refractivity (Wildman–Crippen MR) is 148 cm³/mol. The Balaban J connectivity index is 1.50. The van der Waals surface area contributed by atoms with Crippen LogP contribution in [-0.2, 0) is 6.61 Å². The number of nitrogens with zero attached hydrogens (tertiary/aromatic N) is 2. The van der Waals surface area contributed by atoms with Crippen molar-refractivity contribution in [2.75, 3.05) is 13.7 Å². The highest BCUT2D eigenvalue weighted by Gasteiger charge is 2.14. The molecule has 0 fully saturated rings. The lowest BCUT2D eigenvalue weighted by Gasteiger charge is -2.14. The summed E-state index contributed by atoms with van der Waals surface area (Å²) in [7, 11) is 1.51. The van der Waals surface area contributed by atoms with Crippen molar-refractivity contribution in [2.45, 2.75) is 13.5 Å². The van der Waals surface area contributed by atoms with Gasteiger partial charge in [0.2, 0.25) is 0 Å². The molecule has 0 aliphatic carbocycles. The highest BCUT2D eigenvalue weighted by atomic mass is 79.9. The Bertz CT molecular complexity index is 1520. The third-order valence-electron chi connectivity index (χ3n) is 5.56. The monoisotopic (exact) mass is 577 g/mol. The van der Waals surface area contributed by atoms with E-state index < -0.39 is 10.8 Å². The molecule has 0 heterocycles. The normalized spacial score (nSPS) is 10.9. The fourth-order valence-corrected chi connectivity index (χ4v) is 4.16. The topological polar surface area (TPSA) is 112 Å². The van der Waals surface area contributed by atoms with Gasteiger partial charge in [-0.05, 0) is 63.5 Å². The number of methoxy groups -OCH3 is 1. The second-order valence-electron chi connectivity index (χ2n) is 8.07. The molecule has 194 valence electrons. The Hall–Kier alpha value is -4.44. The van der Waals surface area contributed by atoms with Crippen molar-refractivity contribution in [2.24, 2.45) is 5.10 Å². The summed E-state index contributed by atoms with van der Waals surface area (Å²) in [5.74, 6) is 0.945. The van der Waals surface area contributed by atoms with Gasteiger partial charge in [0, 0.05) is 22.2 Å². The molecule has 4 rings (SSSR count). The lowest BCUT2D eigenvalue weighted by Crippen LogP contribution is -2.18. The number of fused-ring (bicyclic) bond motifs is 1. The number of rotatable bonds is 10. The van der Waals surface area contributed by atoms with Gasteiger partial charge in [0.05, 0.1) is 30.4 Å². The van der Waals surface area contributed by atoms with Gasteiger partial charge < -0.3 is 14.2 Å². The van der Waals surface area contributed by atoms with Crippen molar-refractivity contribution in [3.63, 3.8) is 0 Å². The molecule has 0 bridgehead atoms. The maximum Gasteiger partial charge on any atom is 0.275 e. The minimum absolute atomic E-state index is 0.00720. The van der Waals surface area contributed by atoms with Crippen LogP contribution in [0.2, 0.25) is 0 Å². The molecule has 0 saturated carbocycles. The number of halogens is 1. The van der Waals surface area contributed by atoms with Crippen LogP contribution in [0.25, 0.3) is 10.8 Å². The number of ether oxygens (including phenoxy) is 3. The molecule has 0 atom stereocenters. The van der Waals surface area contributed by atoms with Crippen molar-refractivity contribution < 1.29 is 23.9 Å². The molecular weight excluding hydrogens is 554 g/mol. The third kappa shape index (κ3) is 6.27. The number of hydrogen-bond donors (Lipinski definition) is 1. The van der Waals surface area contributed by atoms with Gasteiger partial charge >= 0.3 is 0 Å². The molecule has 0 aromatic heterocycles. The molecule has 4 aromatic rings. The van der Waals surface area contributed by atoms with E-state index in [-0.39, 0.29) is 12.3 Å². The first-order valence-electron chi connectivity index (χ1n) is 11.6. The molecule has 1 N–H and O–H groups in total. The average Bonchev–Trinajstić information content (AvgIpc) is 2.93. The SMILES string of the molecule is CCOc1cc(/C=N\NC(=O)c2cc3ccccc3cc2OC)c(Br)cc1OCc1cccc([N+](=O)[O-])c1. The molecule has 0 aliphatic rings. The summed E-state index contributed by atoms with van der Waals surface area (Å²) in [4.78, 5) is 23.4. The molecule has 0 aliphatic heterocycles. The Kier molecular flexibility index (Phi) is 8.55. The van der Waals surface area contributed by atoms with Crippen LogP contribution in [0.1, 0.15) is 28.4 Å². The number of benzene rings is 4. The van der Waals surface area contributed by atoms with Gasteiger partial charge in [-0.3, -0.25) is 14.9 Å². The summed E-state index contributed by atoms with van der Waals surface area (Å²) in [5, 5.41) is 17.0. The van der Waals surface area contributed by atoms with Gasteiger partial charge in [-0.2, -0.15) is 5.10 Å². The minimum Gasteiger partial charge on any atom is -0.496 e. The van der Waals surface area contributed by atoms with Crippen LogP contribution >= 0.6 is 15.9 Å². The van der Waals surface area contributed by atoms with Crippen LogP contribution in [0.5, 0.6) is 17.2 Å². The summed E-state index contributed by atoms with van der Waals surface area (Å²) in [6.07, 6.45) is 1.49. The quantitative estimate of drug-likeness (QED) is 0.135. The Morgan fingerprint density at radius 2 is 1.74 bits per heavy atom. The lowest BCUT2D eigenvalue weighted by atomic mass is 10.1. The highest BCUT2D eigenvalue weighted by Crippen LogP contribution is 2.34. The van der Waals surface area contributed by atoms with Gasteiger partial charge in [0.15, 0.2) is 11.5 Å². The summed E-state index contributed by atoms with van der Waals surface area (Å²) in [6.45, 7) is 2.35. The number of non-ortho nitro benzene ring substituents is 1. The largest absolute Gasteiger partial charge is 0.496 e. The number of carbonyl (C=O) groups is 1. The van der Waals surface area contributed by atoms with Crippen LogP contribution in [0.15, 0.2) is 82.4 Å². The van der Waals surface area contributed by atoms with E-state index in [1.54, 1.807) is 30.3 Å². The number of amides is 1. The Labute approximate surface area is 227 Å². The van der Waals surface area contributed by atoms with Gasteiger partial charge in [0.1, 0.15) is 12.4 Å². The minimum atomic E-state index is -0.450. The maximum absolute atomic E-state index is 12.8. The van der Waals surface area contributed by atoms with E-state index in [4.69, 9.17) is 14.2 Å². The Morgan fingerprint density at radius 1 is 1.00 bits per heavy atom. The van der Waals surface area contributed by atoms with Crippen molar-refractivity contribution in [1.82, 2.24) is 5.43 Å². The number of hydrazone groups is 1. The van der Waals surface area contributed by atoms with E-state index in [2.05, 4.69) is 26.5 Å². The average molecular weight is 578 g/mol. The maximum atomic E-state index is 12.8. The number of carbonyl (C=O) groups excluding carboxylic acids is 1. The number of hydrogen-bond acceptors (Lipinski definition) is 7. The van der Waals surface area contributed by atoms with Crippen LogP contribution in [0, 0.1) is 10.1 Å². The van der Waals surface area contributed by atoms with Gasteiger partial charge in [-0.15, -0.1) is 0 Å². The number of nitro groups is 1. The van der Waals surface area contributed by atoms with E-state index in [0.717, 1.165) is 10.8 Å². The van der Waals surface area contributed by atoms with Crippen molar-refractivity contribution in [3.8, 4) is 17.2 Å². The molecule has 38 heavy (non-hydrogen) atoms. The van der Waals surface area contributed by atoms with Crippen LogP contribution in [-0.4, -0.2) is 30.8 Å². The first-order valence-corrected chi connectivity index (χ1v) is 12.4. The van der Waals surface area contributed by atoms with Crippen LogP contribution in [0.3, 0.4) is 0 Å². The molecule has 9 nitrogen and oxygen atoms in total. The first kappa shape index (κ1) is 26.6. The summed E-state index contributed by atoms with van der Waals surface area (Å²) < 4.78 is 17.7. The number of nitrogens with one attached hydrogen (secondary N) is 1. The van der Waals surface area contributed by atoms with E-state index in [1.807, 2.05) is 37.3 Å². The standard InChI is InChI=1S/C28H24BrN3O6/c1-3-37-26-14-21(24(29)15-27(26)38-17-18-7-6-10-22(11-18)32(34)35)16-30-31-28(33)23-12-19-8-4-5-9-20(19)13-25(23)36-2/h4-16H,3,17H2,1-2H3,(H,31,33)/b30-16-. The molecular formula is C28H24BrN3O6. The van der Waals surface area contributed by atoms with E-state index in [9.17, 15) is 14.9 Å². The van der Waals surface area contributed by atoms with Crippen LogP contribution in [0.4, 0.5) is 5.69 Å². The summed E-state index contributed by atoms with van der Waals surface area (Å²) >= 11 is 3.50. The first-order chi connectivity index (χ1) is 18.4. The fraction of sp³-hybridized carbons (Fsp3) is 0.143. The molecule has 1 amide bonds. The zero-order valence-corrected chi connectivity index (χ0v) is 22.2. The predicted octanol–water partition coefficient (Wildman–Crippen LogP) is 6.26. The van der Waals surface area contributed by atoms with Crippen molar-refractivity contribution in [3.05, 3.63) is 104 Å². The van der Waals surface area contributed by atoms with Crippen molar-refractivity contribution >= 4 is 44.5 Å². The summed E-state index contributed by atoms with van der Waals surface area (Å²) in [5.41, 5.74) is 4.19. The molecule has 0 saturated heterocycles. The lowest BCUT2D eigenvalue weighted by molar-refractivity contribution is -0.384. The number of nitro benzene ring substituents is 1. The fourth-order valence-electron chi connectivity index (χ4n) is 3.74. The van der Waals surface area contributed by atoms with Gasteiger partial charge in [-0.1, -0.05) is 36.4 Å². The van der Waals surface area contributed by atoms with E-state index in [1.165, 1.54) is 25.5 Å². The zero-order valence-electron chi connectivity index (χ0n) is 20.6. The summed E-state index contributed by atoms with van der Waals surface area (Å²) in [6, 6.07) is 20.9. The van der Waals surface area contributed by atoms with E-state index >= 15 is 0 Å². The molecule has 0 unspecified atom stereocenters.